The predicted molar refractivity (Wildman–Crippen MR) is 136 cm³/mol. The van der Waals surface area contributed by atoms with Crippen molar-refractivity contribution in [1.29, 1.82) is 0 Å². The fraction of sp³-hybridized carbons (Fsp3) is 0.154. The van der Waals surface area contributed by atoms with Crippen LogP contribution < -0.4 is 16.8 Å². The minimum absolute atomic E-state index is 0.142. The van der Waals surface area contributed by atoms with Crippen molar-refractivity contribution in [3.8, 4) is 11.5 Å². The zero-order chi connectivity index (χ0) is 25.9. The lowest BCUT2D eigenvalue weighted by molar-refractivity contribution is -0.119. The van der Waals surface area contributed by atoms with Crippen molar-refractivity contribution in [3.63, 3.8) is 0 Å². The number of imidazole rings is 1. The number of benzene rings is 1. The molecule has 5 aromatic rings. The van der Waals surface area contributed by atoms with Crippen molar-refractivity contribution < 1.29 is 9.18 Å². The number of carbonyl (C=O) groups excluding carboxylic acids is 1. The molecule has 6 rings (SSSR count). The Balaban J connectivity index is 1.47. The van der Waals surface area contributed by atoms with Crippen molar-refractivity contribution >= 4 is 28.9 Å². The molecule has 0 spiro atoms. The number of aromatic nitrogens is 6. The molecule has 0 bridgehead atoms. The van der Waals surface area contributed by atoms with E-state index in [1.807, 2.05) is 17.5 Å². The van der Waals surface area contributed by atoms with Gasteiger partial charge >= 0.3 is 0 Å². The summed E-state index contributed by atoms with van der Waals surface area (Å²) in [7, 11) is 0. The first-order valence-electron chi connectivity index (χ1n) is 11.5. The topological polar surface area (TPSA) is 150 Å². The number of pyridine rings is 1. The third-order valence-corrected chi connectivity index (χ3v) is 6.56. The Morgan fingerprint density at radius 1 is 1.03 bits per heavy atom. The number of nitrogens with two attached hydrogens (primary N) is 2. The van der Waals surface area contributed by atoms with Crippen LogP contribution in [0.15, 0.2) is 55.0 Å². The number of nitrogens with one attached hydrogen (secondary N) is 1. The number of carbonyl (C=O) groups is 1. The molecule has 0 aliphatic carbocycles. The molecule has 1 atom stereocenters. The highest BCUT2D eigenvalue weighted by Gasteiger charge is 2.48. The van der Waals surface area contributed by atoms with E-state index in [1.165, 1.54) is 18.3 Å². The molecule has 1 aliphatic rings. The van der Waals surface area contributed by atoms with E-state index in [2.05, 4.69) is 25.3 Å². The molecule has 11 heteroatoms. The Labute approximate surface area is 210 Å². The maximum Gasteiger partial charge on any atom is 0.242 e. The van der Waals surface area contributed by atoms with E-state index in [-0.39, 0.29) is 23.4 Å². The van der Waals surface area contributed by atoms with Gasteiger partial charge in [-0.2, -0.15) is 0 Å². The zero-order valence-corrected chi connectivity index (χ0v) is 20.0. The van der Waals surface area contributed by atoms with Gasteiger partial charge < -0.3 is 21.2 Å². The van der Waals surface area contributed by atoms with Gasteiger partial charge in [0.1, 0.15) is 28.6 Å². The van der Waals surface area contributed by atoms with Crippen molar-refractivity contribution in [2.45, 2.75) is 25.7 Å². The fourth-order valence-corrected chi connectivity index (χ4v) is 4.67. The predicted octanol–water partition coefficient (Wildman–Crippen LogP) is 3.04. The van der Waals surface area contributed by atoms with Gasteiger partial charge in [-0.05, 0) is 43.7 Å². The minimum atomic E-state index is -1.18. The van der Waals surface area contributed by atoms with E-state index in [0.29, 0.717) is 46.2 Å². The van der Waals surface area contributed by atoms with Gasteiger partial charge in [0.15, 0.2) is 11.5 Å². The number of nitrogens with zero attached hydrogens (tertiary/aromatic N) is 6. The van der Waals surface area contributed by atoms with Gasteiger partial charge in [0, 0.05) is 18.8 Å². The molecule has 184 valence electrons. The zero-order valence-electron chi connectivity index (χ0n) is 20.0. The molecule has 0 fully saturated rings. The summed E-state index contributed by atoms with van der Waals surface area (Å²) >= 11 is 0. The number of rotatable bonds is 4. The van der Waals surface area contributed by atoms with Crippen LogP contribution in [-0.2, 0) is 16.6 Å². The van der Waals surface area contributed by atoms with Crippen LogP contribution >= 0.6 is 0 Å². The maximum atomic E-state index is 13.4. The van der Waals surface area contributed by atoms with Crippen molar-refractivity contribution in [1.82, 2.24) is 29.3 Å². The summed E-state index contributed by atoms with van der Waals surface area (Å²) < 4.78 is 15.3. The Bertz CT molecular complexity index is 1700. The summed E-state index contributed by atoms with van der Waals surface area (Å²) in [6.45, 7) is 3.62. The highest BCUT2D eigenvalue weighted by atomic mass is 19.1. The van der Waals surface area contributed by atoms with E-state index >= 15 is 0 Å². The number of nitrogen functional groups attached to an aromatic ring is 2. The third kappa shape index (κ3) is 3.63. The molecule has 1 unspecified atom stereocenters. The second-order valence-corrected chi connectivity index (χ2v) is 9.20. The van der Waals surface area contributed by atoms with Crippen molar-refractivity contribution in [2.75, 3.05) is 16.8 Å². The van der Waals surface area contributed by atoms with Gasteiger partial charge in [-0.15, -0.1) is 0 Å². The molecule has 1 amide bonds. The fourth-order valence-electron chi connectivity index (χ4n) is 4.67. The highest BCUT2D eigenvalue weighted by molar-refractivity contribution is 6.08. The first-order chi connectivity index (χ1) is 17.7. The Kier molecular flexibility index (Phi) is 4.90. The number of hydrogen-bond acceptors (Lipinski definition) is 8. The number of anilines is 3. The number of aryl methyl sites for hydroxylation is 1. The SMILES string of the molecule is Cc1cn2cc(-c3nc(N)c4c(n3)NC(=O)C4(C)c3ccc(N)cn3)nc(Cc3ccc(F)cc3)c2n1. The van der Waals surface area contributed by atoms with E-state index in [4.69, 9.17) is 16.5 Å². The van der Waals surface area contributed by atoms with Gasteiger partial charge in [-0.3, -0.25) is 9.78 Å². The molecule has 0 saturated carbocycles. The number of halogens is 1. The standard InChI is InChI=1S/C26H22FN9O/c1-13-11-36-12-18(32-17(24(36)31-13)9-14-3-5-15(27)6-4-14)22-33-21(29)20-23(34-22)35-25(37)26(20,2)19-8-7-16(28)10-30-19/h3-8,10-12H,9,28H2,1-2H3,(H3,29,33,34,35,37). The van der Waals surface area contributed by atoms with Gasteiger partial charge in [0.05, 0.1) is 34.5 Å². The number of amides is 1. The summed E-state index contributed by atoms with van der Waals surface area (Å²) in [5.74, 6) is 0.0708. The average Bonchev–Trinajstić information content (AvgIpc) is 3.37. The molecule has 5 N–H and O–H groups in total. The smallest absolute Gasteiger partial charge is 0.242 e. The van der Waals surface area contributed by atoms with E-state index in [1.54, 1.807) is 37.4 Å². The molecule has 1 aromatic carbocycles. The van der Waals surface area contributed by atoms with Gasteiger partial charge in [0.2, 0.25) is 5.91 Å². The lowest BCUT2D eigenvalue weighted by Gasteiger charge is -2.22. The summed E-state index contributed by atoms with van der Waals surface area (Å²) in [6.07, 6.45) is 5.55. The monoisotopic (exact) mass is 495 g/mol. The normalized spacial score (nSPS) is 16.7. The number of hydrogen-bond donors (Lipinski definition) is 3. The minimum Gasteiger partial charge on any atom is -0.397 e. The molecule has 0 radical (unpaired) electrons. The molecular formula is C26H22FN9O. The first kappa shape index (κ1) is 22.5. The summed E-state index contributed by atoms with van der Waals surface area (Å²) in [5.41, 5.74) is 15.9. The van der Waals surface area contributed by atoms with E-state index in [9.17, 15) is 9.18 Å². The van der Waals surface area contributed by atoms with Crippen LogP contribution in [0.3, 0.4) is 0 Å². The lowest BCUT2D eigenvalue weighted by Crippen LogP contribution is -2.33. The van der Waals surface area contributed by atoms with Crippen molar-refractivity contribution in [3.05, 3.63) is 89.0 Å². The van der Waals surface area contributed by atoms with Crippen LogP contribution in [0.4, 0.5) is 21.7 Å². The maximum absolute atomic E-state index is 13.4. The molecular weight excluding hydrogens is 473 g/mol. The van der Waals surface area contributed by atoms with Gasteiger partial charge in [-0.25, -0.2) is 24.3 Å². The van der Waals surface area contributed by atoms with Gasteiger partial charge in [0.25, 0.3) is 0 Å². The number of fused-ring (bicyclic) bond motifs is 2. The summed E-state index contributed by atoms with van der Waals surface area (Å²) in [6, 6.07) is 9.61. The van der Waals surface area contributed by atoms with E-state index < -0.39 is 5.41 Å². The first-order valence-corrected chi connectivity index (χ1v) is 11.5. The Hall–Kier alpha value is -4.93. The lowest BCUT2D eigenvalue weighted by atomic mass is 9.81. The molecule has 0 saturated heterocycles. The molecule has 5 heterocycles. The third-order valence-electron chi connectivity index (χ3n) is 6.56. The second-order valence-electron chi connectivity index (χ2n) is 9.20. The van der Waals surface area contributed by atoms with Crippen LogP contribution in [0.25, 0.3) is 17.2 Å². The molecule has 10 nitrogen and oxygen atoms in total. The Morgan fingerprint density at radius 3 is 2.54 bits per heavy atom. The van der Waals surface area contributed by atoms with Crippen LogP contribution in [0.2, 0.25) is 0 Å². The van der Waals surface area contributed by atoms with E-state index in [0.717, 1.165) is 11.3 Å². The Morgan fingerprint density at radius 2 is 1.81 bits per heavy atom. The highest BCUT2D eigenvalue weighted by Crippen LogP contribution is 2.44. The average molecular weight is 496 g/mol. The van der Waals surface area contributed by atoms with Crippen molar-refractivity contribution in [2.24, 2.45) is 0 Å². The summed E-state index contributed by atoms with van der Waals surface area (Å²) in [4.78, 5) is 36.0. The van der Waals surface area contributed by atoms with Gasteiger partial charge in [-0.1, -0.05) is 12.1 Å². The van der Waals surface area contributed by atoms with Crippen LogP contribution in [0.1, 0.15) is 35.1 Å². The van der Waals surface area contributed by atoms with Crippen LogP contribution in [0, 0.1) is 12.7 Å². The van der Waals surface area contributed by atoms with Crippen LogP contribution in [0.5, 0.6) is 0 Å². The summed E-state index contributed by atoms with van der Waals surface area (Å²) in [5, 5.41) is 2.83. The second kappa shape index (κ2) is 8.05. The molecule has 1 aliphatic heterocycles. The quantitative estimate of drug-likeness (QED) is 0.344. The largest absolute Gasteiger partial charge is 0.397 e. The molecule has 37 heavy (non-hydrogen) atoms. The molecule has 4 aromatic heterocycles. The van der Waals surface area contributed by atoms with Crippen LogP contribution in [-0.4, -0.2) is 35.2 Å².